The Hall–Kier alpha value is -3.29. The van der Waals surface area contributed by atoms with Crippen LogP contribution in [0.4, 0.5) is 24.5 Å². The third kappa shape index (κ3) is 7.39. The van der Waals surface area contributed by atoms with Crippen LogP contribution in [0.5, 0.6) is 0 Å². The SMILES string of the molecule is CO.Cc1cc(C)c(C(=O)N2CCN(CC(F)(F)F)CC2)cc1NC1CCN(c2ccccc2C#N)CC1. The number of para-hydroxylation sites is 1. The summed E-state index contributed by atoms with van der Waals surface area (Å²) in [7, 11) is 1.00. The molecule has 2 saturated heterocycles. The molecule has 0 saturated carbocycles. The minimum atomic E-state index is -4.23. The van der Waals surface area contributed by atoms with E-state index in [1.807, 2.05) is 50.2 Å². The zero-order valence-electron chi connectivity index (χ0n) is 22.2. The normalized spacial score (nSPS) is 16.9. The van der Waals surface area contributed by atoms with Crippen molar-refractivity contribution in [3.05, 3.63) is 58.7 Å². The van der Waals surface area contributed by atoms with Gasteiger partial charge in [0.1, 0.15) is 6.07 Å². The minimum absolute atomic E-state index is 0.134. The van der Waals surface area contributed by atoms with Gasteiger partial charge in [-0.05, 0) is 56.0 Å². The summed E-state index contributed by atoms with van der Waals surface area (Å²) in [6.45, 7) is 5.63. The lowest BCUT2D eigenvalue weighted by Crippen LogP contribution is -2.51. The second-order valence-corrected chi connectivity index (χ2v) is 9.70. The first kappa shape index (κ1) is 29.3. The predicted octanol–water partition coefficient (Wildman–Crippen LogP) is 4.18. The lowest BCUT2D eigenvalue weighted by Gasteiger charge is -2.36. The summed E-state index contributed by atoms with van der Waals surface area (Å²) in [5.41, 5.74) is 5.07. The Morgan fingerprint density at radius 3 is 2.26 bits per heavy atom. The molecule has 2 heterocycles. The number of hydrogen-bond donors (Lipinski definition) is 2. The van der Waals surface area contributed by atoms with Crippen molar-refractivity contribution in [3.8, 4) is 6.07 Å². The van der Waals surface area contributed by atoms with Gasteiger partial charge in [-0.3, -0.25) is 9.69 Å². The number of piperazine rings is 1. The van der Waals surface area contributed by atoms with Gasteiger partial charge in [0.15, 0.2) is 0 Å². The highest BCUT2D eigenvalue weighted by molar-refractivity contribution is 5.97. The molecule has 2 aromatic rings. The smallest absolute Gasteiger partial charge is 0.400 e. The molecule has 206 valence electrons. The number of aliphatic hydroxyl groups excluding tert-OH is 1. The first-order valence-electron chi connectivity index (χ1n) is 12.8. The standard InChI is InChI=1S/C27H32F3N5O.CH4O/c1-19-15-20(2)24(16-23(19)26(36)35-13-11-33(12-14-35)18-27(28,29)30)32-22-7-9-34(10-8-22)25-6-4-3-5-21(25)17-31;1-2/h3-6,15-16,22,32H,7-14,18H2,1-2H3;2H,1H3. The Morgan fingerprint density at radius 2 is 1.66 bits per heavy atom. The summed E-state index contributed by atoms with van der Waals surface area (Å²) in [4.78, 5) is 18.5. The maximum Gasteiger partial charge on any atom is 0.401 e. The molecule has 2 aliphatic heterocycles. The minimum Gasteiger partial charge on any atom is -0.400 e. The fraction of sp³-hybridized carbons (Fsp3) is 0.500. The first-order chi connectivity index (χ1) is 18.1. The van der Waals surface area contributed by atoms with Gasteiger partial charge in [-0.1, -0.05) is 18.2 Å². The van der Waals surface area contributed by atoms with Crippen LogP contribution in [0, 0.1) is 25.2 Å². The number of piperidine rings is 1. The van der Waals surface area contributed by atoms with Crippen LogP contribution in [-0.2, 0) is 0 Å². The molecule has 0 radical (unpaired) electrons. The van der Waals surface area contributed by atoms with Crippen LogP contribution in [0.2, 0.25) is 0 Å². The van der Waals surface area contributed by atoms with E-state index in [0.29, 0.717) is 11.1 Å². The van der Waals surface area contributed by atoms with E-state index >= 15 is 0 Å². The Morgan fingerprint density at radius 1 is 1.03 bits per heavy atom. The van der Waals surface area contributed by atoms with Crippen LogP contribution in [0.15, 0.2) is 36.4 Å². The predicted molar refractivity (Wildman–Crippen MR) is 142 cm³/mol. The summed E-state index contributed by atoms with van der Waals surface area (Å²) in [6.07, 6.45) is -2.43. The molecule has 0 aromatic heterocycles. The van der Waals surface area contributed by atoms with Crippen molar-refractivity contribution in [1.29, 1.82) is 5.26 Å². The number of anilines is 2. The largest absolute Gasteiger partial charge is 0.401 e. The number of nitrogens with zero attached hydrogens (tertiary/aromatic N) is 4. The number of benzene rings is 2. The zero-order chi connectivity index (χ0) is 27.9. The molecule has 0 bridgehead atoms. The van der Waals surface area contributed by atoms with Crippen molar-refractivity contribution in [2.24, 2.45) is 0 Å². The first-order valence-corrected chi connectivity index (χ1v) is 12.8. The molecule has 2 N–H and O–H groups in total. The highest BCUT2D eigenvalue weighted by atomic mass is 19.4. The summed E-state index contributed by atoms with van der Waals surface area (Å²) in [5.74, 6) is -0.134. The molecule has 2 aliphatic rings. The molecule has 2 aromatic carbocycles. The Balaban J connectivity index is 0.00000195. The van der Waals surface area contributed by atoms with Crippen LogP contribution >= 0.6 is 0 Å². The van der Waals surface area contributed by atoms with Crippen molar-refractivity contribution < 1.29 is 23.1 Å². The van der Waals surface area contributed by atoms with Gasteiger partial charge >= 0.3 is 6.18 Å². The zero-order valence-corrected chi connectivity index (χ0v) is 22.2. The molecule has 38 heavy (non-hydrogen) atoms. The van der Waals surface area contributed by atoms with E-state index in [2.05, 4.69) is 16.3 Å². The number of aliphatic hydroxyl groups is 1. The summed E-state index contributed by atoms with van der Waals surface area (Å²) in [5, 5.41) is 20.0. The Bertz CT molecular complexity index is 1130. The average Bonchev–Trinajstić information content (AvgIpc) is 2.91. The number of aryl methyl sites for hydroxylation is 2. The van der Waals surface area contributed by atoms with Gasteiger partial charge in [0.25, 0.3) is 5.91 Å². The fourth-order valence-electron chi connectivity index (χ4n) is 5.10. The van der Waals surface area contributed by atoms with Crippen molar-refractivity contribution in [1.82, 2.24) is 9.80 Å². The fourth-order valence-corrected chi connectivity index (χ4v) is 5.10. The van der Waals surface area contributed by atoms with Gasteiger partial charge < -0.3 is 20.2 Å². The molecule has 0 unspecified atom stereocenters. The number of halogens is 3. The molecular formula is C28H36F3N5O2. The topological polar surface area (TPSA) is 82.8 Å². The summed E-state index contributed by atoms with van der Waals surface area (Å²) in [6, 6.07) is 14.0. The molecular weight excluding hydrogens is 495 g/mol. The van der Waals surface area contributed by atoms with Gasteiger partial charge in [0.2, 0.25) is 0 Å². The van der Waals surface area contributed by atoms with E-state index in [9.17, 15) is 23.2 Å². The maximum atomic E-state index is 13.3. The van der Waals surface area contributed by atoms with E-state index in [-0.39, 0.29) is 38.1 Å². The number of nitrogens with one attached hydrogen (secondary N) is 1. The Kier molecular flexibility index (Phi) is 10.00. The number of hydrogen-bond acceptors (Lipinski definition) is 6. The molecule has 0 spiro atoms. The summed E-state index contributed by atoms with van der Waals surface area (Å²) >= 11 is 0. The third-order valence-electron chi connectivity index (χ3n) is 7.08. The highest BCUT2D eigenvalue weighted by Gasteiger charge is 2.33. The molecule has 1 amide bonds. The van der Waals surface area contributed by atoms with Gasteiger partial charge in [-0.25, -0.2) is 0 Å². The van der Waals surface area contributed by atoms with E-state index in [4.69, 9.17) is 5.11 Å². The second-order valence-electron chi connectivity index (χ2n) is 9.70. The highest BCUT2D eigenvalue weighted by Crippen LogP contribution is 2.28. The van der Waals surface area contributed by atoms with E-state index < -0.39 is 12.7 Å². The number of carbonyl (C=O) groups excluding carboxylic acids is 1. The van der Waals surface area contributed by atoms with E-state index in [0.717, 1.165) is 55.5 Å². The van der Waals surface area contributed by atoms with Crippen molar-refractivity contribution in [2.75, 3.05) is 63.1 Å². The van der Waals surface area contributed by atoms with E-state index in [1.165, 1.54) is 4.90 Å². The summed E-state index contributed by atoms with van der Waals surface area (Å²) < 4.78 is 38.1. The quantitative estimate of drug-likeness (QED) is 0.602. The number of rotatable bonds is 5. The number of alkyl halides is 3. The lowest BCUT2D eigenvalue weighted by molar-refractivity contribution is -0.148. The number of carbonyl (C=O) groups is 1. The average molecular weight is 532 g/mol. The Labute approximate surface area is 222 Å². The lowest BCUT2D eigenvalue weighted by atomic mass is 9.99. The molecule has 4 rings (SSSR count). The van der Waals surface area contributed by atoms with Crippen LogP contribution in [-0.4, -0.2) is 86.0 Å². The molecule has 7 nitrogen and oxygen atoms in total. The maximum absolute atomic E-state index is 13.3. The van der Waals surface area contributed by atoms with Gasteiger partial charge in [-0.15, -0.1) is 0 Å². The monoisotopic (exact) mass is 531 g/mol. The van der Waals surface area contributed by atoms with Crippen LogP contribution in [0.25, 0.3) is 0 Å². The van der Waals surface area contributed by atoms with Crippen molar-refractivity contribution in [3.63, 3.8) is 0 Å². The number of amides is 1. The third-order valence-corrected chi connectivity index (χ3v) is 7.08. The molecule has 0 atom stereocenters. The van der Waals surface area contributed by atoms with Gasteiger partial charge in [0.05, 0.1) is 17.8 Å². The molecule has 2 fully saturated rings. The van der Waals surface area contributed by atoms with Crippen molar-refractivity contribution in [2.45, 2.75) is 38.9 Å². The molecule has 0 aliphatic carbocycles. The number of nitriles is 1. The van der Waals surface area contributed by atoms with Crippen LogP contribution < -0.4 is 10.2 Å². The van der Waals surface area contributed by atoms with Crippen LogP contribution in [0.3, 0.4) is 0 Å². The van der Waals surface area contributed by atoms with Gasteiger partial charge in [0, 0.05) is 63.7 Å². The van der Waals surface area contributed by atoms with E-state index in [1.54, 1.807) is 4.90 Å². The second kappa shape index (κ2) is 13.0. The molecule has 10 heteroatoms. The van der Waals surface area contributed by atoms with Crippen LogP contribution in [0.1, 0.15) is 39.9 Å². The van der Waals surface area contributed by atoms with Crippen molar-refractivity contribution >= 4 is 17.3 Å². The van der Waals surface area contributed by atoms with Gasteiger partial charge in [-0.2, -0.15) is 18.4 Å².